The molecule has 0 aliphatic carbocycles. The topological polar surface area (TPSA) is 63.8 Å². The van der Waals surface area contributed by atoms with Gasteiger partial charge in [0.15, 0.2) is 3.95 Å². The molecule has 0 saturated heterocycles. The van der Waals surface area contributed by atoms with E-state index in [1.807, 2.05) is 31.2 Å². The van der Waals surface area contributed by atoms with Crippen molar-refractivity contribution >= 4 is 41.4 Å². The van der Waals surface area contributed by atoms with Gasteiger partial charge in [0, 0.05) is 0 Å². The van der Waals surface area contributed by atoms with Crippen LogP contribution >= 0.6 is 23.6 Å². The normalized spacial score (nSPS) is 11.0. The van der Waals surface area contributed by atoms with Crippen LogP contribution in [-0.4, -0.2) is 28.5 Å². The van der Waals surface area contributed by atoms with E-state index < -0.39 is 0 Å². The average Bonchev–Trinajstić information content (AvgIpc) is 2.95. The first-order chi connectivity index (χ1) is 13.0. The molecule has 0 atom stereocenters. The average molecular weight is 399 g/mol. The van der Waals surface area contributed by atoms with Gasteiger partial charge in [-0.15, -0.1) is 0 Å². The van der Waals surface area contributed by atoms with Crippen LogP contribution in [0.3, 0.4) is 0 Å². The molecular weight excluding hydrogens is 380 g/mol. The van der Waals surface area contributed by atoms with Gasteiger partial charge in [-0.3, -0.25) is 9.56 Å². The Kier molecular flexibility index (Phi) is 5.83. The number of aromatic hydroxyl groups is 1. The molecule has 2 aromatic carbocycles. The molecule has 5 nitrogen and oxygen atoms in total. The SMILES string of the molecule is CCOC(=O)c1ccc(N=Cc2sc(=S)n(-c3ccc(C)cc3)c2O)cc1. The maximum atomic E-state index is 11.7. The van der Waals surface area contributed by atoms with Crippen LogP contribution in [0.2, 0.25) is 0 Å². The number of hydrogen-bond acceptors (Lipinski definition) is 6. The van der Waals surface area contributed by atoms with Crippen LogP contribution in [0.25, 0.3) is 5.69 Å². The molecule has 0 aliphatic heterocycles. The molecule has 0 fully saturated rings. The van der Waals surface area contributed by atoms with E-state index in [-0.39, 0.29) is 11.8 Å². The molecule has 3 aromatic rings. The third-order valence-electron chi connectivity index (χ3n) is 3.81. The molecule has 1 heterocycles. The Morgan fingerprint density at radius 1 is 1.22 bits per heavy atom. The molecule has 0 unspecified atom stereocenters. The second-order valence-corrected chi connectivity index (χ2v) is 7.43. The predicted octanol–water partition coefficient (Wildman–Crippen LogP) is 5.21. The molecule has 1 N–H and O–H groups in total. The summed E-state index contributed by atoms with van der Waals surface area (Å²) in [4.78, 5) is 16.6. The lowest BCUT2D eigenvalue weighted by Gasteiger charge is -2.04. The molecule has 1 aromatic heterocycles. The van der Waals surface area contributed by atoms with Crippen LogP contribution in [0.5, 0.6) is 5.88 Å². The third-order valence-corrected chi connectivity index (χ3v) is 5.11. The minimum Gasteiger partial charge on any atom is -0.493 e. The van der Waals surface area contributed by atoms with Crippen molar-refractivity contribution in [2.75, 3.05) is 6.61 Å². The summed E-state index contributed by atoms with van der Waals surface area (Å²) in [7, 11) is 0. The first kappa shape index (κ1) is 19.0. The van der Waals surface area contributed by atoms with Crippen molar-refractivity contribution in [1.82, 2.24) is 4.57 Å². The fourth-order valence-corrected chi connectivity index (χ4v) is 3.64. The van der Waals surface area contributed by atoms with Gasteiger partial charge in [0.25, 0.3) is 0 Å². The highest BCUT2D eigenvalue weighted by Gasteiger charge is 2.12. The lowest BCUT2D eigenvalue weighted by molar-refractivity contribution is 0.0526. The first-order valence-electron chi connectivity index (χ1n) is 8.32. The zero-order chi connectivity index (χ0) is 19.4. The summed E-state index contributed by atoms with van der Waals surface area (Å²) < 4.78 is 7.11. The summed E-state index contributed by atoms with van der Waals surface area (Å²) in [5.74, 6) is -0.306. The summed E-state index contributed by atoms with van der Waals surface area (Å²) >= 11 is 6.66. The Morgan fingerprint density at radius 3 is 2.52 bits per heavy atom. The van der Waals surface area contributed by atoms with E-state index in [2.05, 4.69) is 4.99 Å². The molecule has 3 rings (SSSR count). The summed E-state index contributed by atoms with van der Waals surface area (Å²) in [6.45, 7) is 4.10. The molecule has 0 saturated carbocycles. The predicted molar refractivity (Wildman–Crippen MR) is 111 cm³/mol. The molecule has 27 heavy (non-hydrogen) atoms. The highest BCUT2D eigenvalue weighted by atomic mass is 32.1. The Labute approximate surface area is 166 Å². The van der Waals surface area contributed by atoms with Gasteiger partial charge >= 0.3 is 5.97 Å². The van der Waals surface area contributed by atoms with Crippen molar-refractivity contribution in [3.63, 3.8) is 0 Å². The minimum absolute atomic E-state index is 0.0562. The zero-order valence-corrected chi connectivity index (χ0v) is 16.5. The standard InChI is InChI=1S/C20H18N2O3S2/c1-3-25-19(24)14-6-8-15(9-7-14)21-12-17-18(23)22(20(26)27-17)16-10-4-13(2)5-11-16/h4-12,23H,3H2,1-2H3. The van der Waals surface area contributed by atoms with Gasteiger partial charge < -0.3 is 9.84 Å². The number of benzene rings is 2. The molecule has 7 heteroatoms. The van der Waals surface area contributed by atoms with Crippen LogP contribution < -0.4 is 0 Å². The van der Waals surface area contributed by atoms with Gasteiger partial charge in [-0.25, -0.2) is 4.79 Å². The van der Waals surface area contributed by atoms with Gasteiger partial charge in [-0.1, -0.05) is 29.0 Å². The number of aromatic nitrogens is 1. The lowest BCUT2D eigenvalue weighted by atomic mass is 10.2. The molecule has 0 bridgehead atoms. The van der Waals surface area contributed by atoms with E-state index in [9.17, 15) is 9.90 Å². The largest absolute Gasteiger partial charge is 0.493 e. The van der Waals surface area contributed by atoms with Gasteiger partial charge in [-0.2, -0.15) is 0 Å². The number of esters is 1. The van der Waals surface area contributed by atoms with Gasteiger partial charge in [0.2, 0.25) is 5.88 Å². The van der Waals surface area contributed by atoms with E-state index >= 15 is 0 Å². The summed E-state index contributed by atoms with van der Waals surface area (Å²) in [6, 6.07) is 14.5. The zero-order valence-electron chi connectivity index (χ0n) is 14.9. The molecular formula is C20H18N2O3S2. The number of hydrogen-bond donors (Lipinski definition) is 1. The molecule has 0 radical (unpaired) electrons. The van der Waals surface area contributed by atoms with E-state index in [0.717, 1.165) is 11.3 Å². The third kappa shape index (κ3) is 4.32. The Morgan fingerprint density at radius 2 is 1.89 bits per heavy atom. The fraction of sp³-hybridized carbons (Fsp3) is 0.150. The second-order valence-electron chi connectivity index (χ2n) is 5.75. The van der Waals surface area contributed by atoms with Crippen molar-refractivity contribution in [2.45, 2.75) is 13.8 Å². The summed E-state index contributed by atoms with van der Waals surface area (Å²) in [5, 5.41) is 10.5. The van der Waals surface area contributed by atoms with Gasteiger partial charge in [0.05, 0.1) is 29.8 Å². The van der Waals surface area contributed by atoms with Gasteiger partial charge in [0.1, 0.15) is 4.88 Å². The van der Waals surface area contributed by atoms with Crippen LogP contribution in [0, 0.1) is 10.9 Å². The van der Waals surface area contributed by atoms with Crippen molar-refractivity contribution in [2.24, 2.45) is 4.99 Å². The van der Waals surface area contributed by atoms with Crippen LogP contribution in [0.15, 0.2) is 53.5 Å². The number of aryl methyl sites for hydroxylation is 1. The van der Waals surface area contributed by atoms with Crippen molar-refractivity contribution in [3.8, 4) is 11.6 Å². The van der Waals surface area contributed by atoms with Crippen molar-refractivity contribution < 1.29 is 14.6 Å². The highest BCUT2D eigenvalue weighted by molar-refractivity contribution is 7.73. The number of rotatable bonds is 5. The van der Waals surface area contributed by atoms with Gasteiger partial charge in [-0.05, 0) is 62.5 Å². The van der Waals surface area contributed by atoms with Crippen LogP contribution in [0.4, 0.5) is 5.69 Å². The Hall–Kier alpha value is -2.77. The monoisotopic (exact) mass is 398 g/mol. The van der Waals surface area contributed by atoms with E-state index in [0.29, 0.717) is 26.7 Å². The van der Waals surface area contributed by atoms with Crippen LogP contribution in [-0.2, 0) is 4.74 Å². The fourth-order valence-electron chi connectivity index (χ4n) is 2.42. The minimum atomic E-state index is -0.362. The quantitative estimate of drug-likeness (QED) is 0.364. The van der Waals surface area contributed by atoms with Crippen LogP contribution in [0.1, 0.15) is 27.7 Å². The maximum absolute atomic E-state index is 11.7. The number of ether oxygens (including phenoxy) is 1. The summed E-state index contributed by atoms with van der Waals surface area (Å²) in [5.41, 5.74) is 3.06. The highest BCUT2D eigenvalue weighted by Crippen LogP contribution is 2.29. The molecule has 0 aliphatic rings. The first-order valence-corrected chi connectivity index (χ1v) is 9.55. The smallest absolute Gasteiger partial charge is 0.338 e. The number of carbonyl (C=O) groups excluding carboxylic acids is 1. The number of nitrogens with zero attached hydrogens (tertiary/aromatic N) is 2. The maximum Gasteiger partial charge on any atom is 0.338 e. The van der Waals surface area contributed by atoms with E-state index in [1.165, 1.54) is 11.3 Å². The Balaban J connectivity index is 1.84. The second kappa shape index (κ2) is 8.28. The van der Waals surface area contributed by atoms with E-state index in [1.54, 1.807) is 42.0 Å². The molecule has 0 amide bonds. The molecule has 138 valence electrons. The van der Waals surface area contributed by atoms with Crippen molar-refractivity contribution in [1.29, 1.82) is 0 Å². The lowest BCUT2D eigenvalue weighted by Crippen LogP contribution is -2.03. The number of aliphatic imine (C=N–C) groups is 1. The molecule has 0 spiro atoms. The van der Waals surface area contributed by atoms with Crippen molar-refractivity contribution in [3.05, 3.63) is 68.5 Å². The van der Waals surface area contributed by atoms with E-state index in [4.69, 9.17) is 17.0 Å². The number of thiazole rings is 1. The Bertz CT molecular complexity index is 1030. The summed E-state index contributed by atoms with van der Waals surface area (Å²) in [6.07, 6.45) is 1.57. The number of carbonyl (C=O) groups is 1.